The smallest absolute Gasteiger partial charge is 0.322 e. The molecule has 140 valence electrons. The predicted molar refractivity (Wildman–Crippen MR) is 97.3 cm³/mol. The molecule has 1 aromatic carbocycles. The first-order chi connectivity index (χ1) is 12.8. The Morgan fingerprint density at radius 1 is 1.41 bits per heavy atom. The summed E-state index contributed by atoms with van der Waals surface area (Å²) in [5.41, 5.74) is 1.57. The first-order valence-electron chi connectivity index (χ1n) is 8.27. The van der Waals surface area contributed by atoms with Gasteiger partial charge < -0.3 is 15.1 Å². The Balaban J connectivity index is 1.91. The van der Waals surface area contributed by atoms with E-state index in [1.165, 1.54) is 21.7 Å². The van der Waals surface area contributed by atoms with Crippen LogP contribution < -0.4 is 5.32 Å². The maximum absolute atomic E-state index is 13.0. The van der Waals surface area contributed by atoms with E-state index in [2.05, 4.69) is 5.32 Å². The lowest BCUT2D eigenvalue weighted by Gasteiger charge is -2.31. The van der Waals surface area contributed by atoms with Gasteiger partial charge in [0.05, 0.1) is 29.9 Å². The SMILES string of the molecule is CN(CC#N)C(=O)CN1CC2=C(C1=O)[C@@H](c1ccccc1Cl)NC(=O)N2C. The predicted octanol–water partition coefficient (Wildman–Crippen LogP) is 1.11. The highest BCUT2D eigenvalue weighted by molar-refractivity contribution is 6.31. The molecule has 0 saturated carbocycles. The van der Waals surface area contributed by atoms with Gasteiger partial charge in [-0.15, -0.1) is 0 Å². The van der Waals surface area contributed by atoms with Crippen LogP contribution in [-0.2, 0) is 9.59 Å². The molecule has 8 nitrogen and oxygen atoms in total. The molecule has 0 aliphatic carbocycles. The van der Waals surface area contributed by atoms with Crippen molar-refractivity contribution in [1.29, 1.82) is 5.26 Å². The lowest BCUT2D eigenvalue weighted by Crippen LogP contribution is -2.45. The van der Waals surface area contributed by atoms with Crippen molar-refractivity contribution in [2.24, 2.45) is 0 Å². The van der Waals surface area contributed by atoms with E-state index in [1.54, 1.807) is 31.3 Å². The molecule has 0 spiro atoms. The average Bonchev–Trinajstić information content (AvgIpc) is 2.96. The van der Waals surface area contributed by atoms with Gasteiger partial charge in [-0.05, 0) is 11.6 Å². The lowest BCUT2D eigenvalue weighted by molar-refractivity contribution is -0.136. The third kappa shape index (κ3) is 3.34. The normalized spacial score (nSPS) is 19.0. The number of likely N-dealkylation sites (N-methyl/N-ethyl adjacent to an activating group) is 2. The van der Waals surface area contributed by atoms with E-state index >= 15 is 0 Å². The van der Waals surface area contributed by atoms with Crippen molar-refractivity contribution in [1.82, 2.24) is 20.0 Å². The molecule has 27 heavy (non-hydrogen) atoms. The van der Waals surface area contributed by atoms with E-state index in [9.17, 15) is 14.4 Å². The van der Waals surface area contributed by atoms with Gasteiger partial charge in [-0.3, -0.25) is 14.5 Å². The monoisotopic (exact) mass is 387 g/mol. The second-order valence-electron chi connectivity index (χ2n) is 6.39. The van der Waals surface area contributed by atoms with Crippen LogP contribution in [0.15, 0.2) is 35.5 Å². The number of rotatable bonds is 4. The van der Waals surface area contributed by atoms with Gasteiger partial charge in [0, 0.05) is 19.1 Å². The number of nitrogens with zero attached hydrogens (tertiary/aromatic N) is 4. The summed E-state index contributed by atoms with van der Waals surface area (Å²) in [7, 11) is 3.08. The molecule has 0 fully saturated rings. The number of carbonyl (C=O) groups is 3. The largest absolute Gasteiger partial charge is 0.331 e. The van der Waals surface area contributed by atoms with Crippen molar-refractivity contribution >= 4 is 29.4 Å². The topological polar surface area (TPSA) is 96.7 Å². The summed E-state index contributed by atoms with van der Waals surface area (Å²) in [6.07, 6.45) is 0. The van der Waals surface area contributed by atoms with Gasteiger partial charge in [-0.25, -0.2) is 4.79 Å². The maximum atomic E-state index is 13.0. The number of nitrogens with one attached hydrogen (secondary N) is 1. The molecule has 1 atom stereocenters. The van der Waals surface area contributed by atoms with Gasteiger partial charge in [0.2, 0.25) is 5.91 Å². The number of amides is 4. The second kappa shape index (κ2) is 7.29. The standard InChI is InChI=1S/C18H18ClN5O3/c1-22(8-7-20)14(25)10-24-9-13-15(17(24)26)16(21-18(27)23(13)2)11-5-3-4-6-12(11)19/h3-6,16H,8-10H2,1-2H3,(H,21,27)/t16-/m1/s1. The van der Waals surface area contributed by atoms with Crippen LogP contribution in [0.1, 0.15) is 11.6 Å². The molecule has 2 aliphatic heterocycles. The summed E-state index contributed by atoms with van der Waals surface area (Å²) in [4.78, 5) is 41.6. The van der Waals surface area contributed by atoms with Crippen molar-refractivity contribution in [2.45, 2.75) is 6.04 Å². The molecule has 0 saturated heterocycles. The van der Waals surface area contributed by atoms with E-state index in [1.807, 2.05) is 6.07 Å². The second-order valence-corrected chi connectivity index (χ2v) is 6.80. The van der Waals surface area contributed by atoms with E-state index in [4.69, 9.17) is 16.9 Å². The molecule has 1 aromatic rings. The minimum Gasteiger partial charge on any atom is -0.331 e. The number of hydrogen-bond acceptors (Lipinski definition) is 4. The summed E-state index contributed by atoms with van der Waals surface area (Å²) in [6, 6.07) is 7.87. The highest BCUT2D eigenvalue weighted by atomic mass is 35.5. The van der Waals surface area contributed by atoms with Crippen molar-refractivity contribution in [3.8, 4) is 6.07 Å². The number of hydrogen-bond donors (Lipinski definition) is 1. The molecule has 1 N–H and O–H groups in total. The van der Waals surface area contributed by atoms with Crippen molar-refractivity contribution in [2.75, 3.05) is 33.7 Å². The van der Waals surface area contributed by atoms with E-state index in [-0.39, 0.29) is 37.5 Å². The van der Waals surface area contributed by atoms with Gasteiger partial charge in [0.1, 0.15) is 13.1 Å². The Morgan fingerprint density at radius 3 is 2.78 bits per heavy atom. The fraction of sp³-hybridized carbons (Fsp3) is 0.333. The molecular weight excluding hydrogens is 370 g/mol. The Hall–Kier alpha value is -3.05. The number of urea groups is 1. The van der Waals surface area contributed by atoms with E-state index in [0.717, 1.165) is 0 Å². The Bertz CT molecular complexity index is 891. The Morgan fingerprint density at radius 2 is 2.11 bits per heavy atom. The summed E-state index contributed by atoms with van der Waals surface area (Å²) < 4.78 is 0. The van der Waals surface area contributed by atoms with Crippen molar-refractivity contribution in [3.63, 3.8) is 0 Å². The third-order valence-electron chi connectivity index (χ3n) is 4.71. The van der Waals surface area contributed by atoms with Gasteiger partial charge in [-0.1, -0.05) is 29.8 Å². The van der Waals surface area contributed by atoms with Gasteiger partial charge in [0.15, 0.2) is 0 Å². The van der Waals surface area contributed by atoms with Gasteiger partial charge in [0.25, 0.3) is 5.91 Å². The number of carbonyl (C=O) groups excluding carboxylic acids is 3. The molecule has 4 amide bonds. The molecule has 2 aliphatic rings. The van der Waals surface area contributed by atoms with Crippen LogP contribution in [-0.4, -0.2) is 66.3 Å². The highest BCUT2D eigenvalue weighted by Crippen LogP contribution is 2.37. The van der Waals surface area contributed by atoms with E-state index < -0.39 is 6.04 Å². The van der Waals surface area contributed by atoms with Crippen LogP contribution in [0.4, 0.5) is 4.79 Å². The number of nitriles is 1. The highest BCUT2D eigenvalue weighted by Gasteiger charge is 2.43. The van der Waals surface area contributed by atoms with Crippen molar-refractivity contribution < 1.29 is 14.4 Å². The zero-order valence-electron chi connectivity index (χ0n) is 14.9. The molecular formula is C18H18ClN5O3. The summed E-state index contributed by atoms with van der Waals surface area (Å²) in [5, 5.41) is 12.0. The fourth-order valence-corrected chi connectivity index (χ4v) is 3.42. The summed E-state index contributed by atoms with van der Waals surface area (Å²) in [5.74, 6) is -0.679. The quantitative estimate of drug-likeness (QED) is 0.783. The fourth-order valence-electron chi connectivity index (χ4n) is 3.17. The Labute approximate surface area is 161 Å². The zero-order chi connectivity index (χ0) is 19.7. The molecule has 9 heteroatoms. The van der Waals surface area contributed by atoms with Gasteiger partial charge >= 0.3 is 6.03 Å². The van der Waals surface area contributed by atoms with E-state index in [0.29, 0.717) is 21.9 Å². The first kappa shape index (κ1) is 18.7. The van der Waals surface area contributed by atoms with Crippen LogP contribution in [0.2, 0.25) is 5.02 Å². The third-order valence-corrected chi connectivity index (χ3v) is 5.06. The zero-order valence-corrected chi connectivity index (χ0v) is 15.7. The lowest BCUT2D eigenvalue weighted by atomic mass is 9.96. The maximum Gasteiger partial charge on any atom is 0.322 e. The minimum absolute atomic E-state index is 0.0593. The van der Waals surface area contributed by atoms with Crippen LogP contribution >= 0.6 is 11.6 Å². The van der Waals surface area contributed by atoms with Crippen LogP contribution in [0.25, 0.3) is 0 Å². The number of halogens is 1. The number of benzene rings is 1. The summed E-state index contributed by atoms with van der Waals surface area (Å²) in [6.45, 7) is -0.0807. The van der Waals surface area contributed by atoms with Crippen molar-refractivity contribution in [3.05, 3.63) is 46.1 Å². The van der Waals surface area contributed by atoms with Crippen LogP contribution in [0.3, 0.4) is 0 Å². The molecule has 0 bridgehead atoms. The molecule has 3 rings (SSSR count). The molecule has 0 unspecified atom stereocenters. The minimum atomic E-state index is -0.679. The van der Waals surface area contributed by atoms with Crippen LogP contribution in [0.5, 0.6) is 0 Å². The summed E-state index contributed by atoms with van der Waals surface area (Å²) >= 11 is 6.27. The molecule has 0 radical (unpaired) electrons. The van der Waals surface area contributed by atoms with Crippen LogP contribution in [0, 0.1) is 11.3 Å². The first-order valence-corrected chi connectivity index (χ1v) is 8.64. The average molecular weight is 388 g/mol. The Kier molecular flexibility index (Phi) is 5.06. The molecule has 0 aromatic heterocycles. The van der Waals surface area contributed by atoms with Gasteiger partial charge in [-0.2, -0.15) is 5.26 Å². The molecule has 2 heterocycles.